The van der Waals surface area contributed by atoms with E-state index >= 15 is 0 Å². The van der Waals surface area contributed by atoms with Crippen molar-refractivity contribution in [3.05, 3.63) is 57.8 Å². The van der Waals surface area contributed by atoms with Crippen molar-refractivity contribution < 1.29 is 64.2 Å². The van der Waals surface area contributed by atoms with Gasteiger partial charge in [-0.3, -0.25) is 4.79 Å². The van der Waals surface area contributed by atoms with Gasteiger partial charge in [0.15, 0.2) is 18.2 Å². The molecule has 0 aliphatic carbocycles. The number of rotatable bonds is 7. The maximum Gasteiger partial charge on any atom is 0.239 e. The van der Waals surface area contributed by atoms with Crippen molar-refractivity contribution in [2.75, 3.05) is 6.61 Å². The fourth-order valence-corrected chi connectivity index (χ4v) is 5.19. The molecular formula is C31H36O14. The molecule has 5 rings (SSSR count). The van der Waals surface area contributed by atoms with E-state index < -0.39 is 78.8 Å². The summed E-state index contributed by atoms with van der Waals surface area (Å²) in [5.41, 5.74) is 0.350. The van der Waals surface area contributed by atoms with Gasteiger partial charge < -0.3 is 64.2 Å². The van der Waals surface area contributed by atoms with Gasteiger partial charge >= 0.3 is 0 Å². The lowest BCUT2D eigenvalue weighted by molar-refractivity contribution is -0.344. The second-order valence-electron chi connectivity index (χ2n) is 11.4. The number of benzene rings is 2. The number of hydrogen-bond acceptors (Lipinski definition) is 14. The first-order chi connectivity index (χ1) is 21.3. The smallest absolute Gasteiger partial charge is 0.239 e. The van der Waals surface area contributed by atoms with Gasteiger partial charge in [-0.2, -0.15) is 0 Å². The number of allylic oxidation sites excluding steroid dienone is 2. The largest absolute Gasteiger partial charge is 0.508 e. The van der Waals surface area contributed by atoms with Gasteiger partial charge in [-0.05, 0) is 51.5 Å². The summed E-state index contributed by atoms with van der Waals surface area (Å²) in [7, 11) is 0. The molecule has 45 heavy (non-hydrogen) atoms. The third-order valence-electron chi connectivity index (χ3n) is 7.79. The summed E-state index contributed by atoms with van der Waals surface area (Å²) < 4.78 is 29.0. The quantitative estimate of drug-likeness (QED) is 0.168. The minimum atomic E-state index is -1.77. The Morgan fingerprint density at radius 2 is 1.62 bits per heavy atom. The lowest BCUT2D eigenvalue weighted by atomic mass is 9.99. The molecule has 2 aliphatic heterocycles. The summed E-state index contributed by atoms with van der Waals surface area (Å²) in [6.07, 6.45) is -12.0. The fourth-order valence-electron chi connectivity index (χ4n) is 5.19. The first-order valence-electron chi connectivity index (χ1n) is 14.2. The maximum absolute atomic E-state index is 14.1. The summed E-state index contributed by atoms with van der Waals surface area (Å²) >= 11 is 0. The van der Waals surface area contributed by atoms with Gasteiger partial charge in [0.25, 0.3) is 0 Å². The van der Waals surface area contributed by atoms with Crippen LogP contribution in [0.1, 0.15) is 26.3 Å². The number of aliphatic hydroxyl groups is 5. The van der Waals surface area contributed by atoms with E-state index in [4.69, 9.17) is 23.4 Å². The molecule has 3 aromatic rings. The number of aliphatic hydroxyl groups excluding tert-OH is 5. The van der Waals surface area contributed by atoms with Gasteiger partial charge in [0, 0.05) is 17.2 Å². The zero-order chi connectivity index (χ0) is 32.7. The Hall–Kier alpha value is -3.73. The standard InChI is InChI=1S/C31H36O14/c1-12(2)4-9-16-17(33)10-18(34)20-23(38)28(26(43-27(16)20)14-5-7-15(32)8-6-14)44-31-29(22(37)19(35)11-41-31)45-30-25(40)24(39)21(36)13(3)42-30/h4-8,10,13,19,21-22,24-25,29-37,39-40H,9,11H2,1-3H3. The molecule has 3 heterocycles. The number of phenolic OH excluding ortho intramolecular Hbond substituents is 3. The topological polar surface area (TPSA) is 229 Å². The molecule has 9 unspecified atom stereocenters. The predicted molar refractivity (Wildman–Crippen MR) is 156 cm³/mol. The third kappa shape index (κ3) is 6.36. The summed E-state index contributed by atoms with van der Waals surface area (Å²) in [5, 5.41) is 83.0. The molecule has 0 saturated carbocycles. The van der Waals surface area contributed by atoms with Crippen molar-refractivity contribution in [2.45, 2.75) is 82.5 Å². The van der Waals surface area contributed by atoms with Gasteiger partial charge in [0.1, 0.15) is 58.7 Å². The molecule has 8 N–H and O–H groups in total. The zero-order valence-corrected chi connectivity index (χ0v) is 24.6. The lowest BCUT2D eigenvalue weighted by Crippen LogP contribution is -2.62. The molecule has 2 aromatic carbocycles. The van der Waals surface area contributed by atoms with E-state index in [9.17, 15) is 45.6 Å². The number of fused-ring (bicyclic) bond motifs is 1. The molecule has 9 atom stereocenters. The van der Waals surface area contributed by atoms with Gasteiger partial charge in [0.05, 0.1) is 12.7 Å². The Bertz CT molecular complexity index is 1610. The van der Waals surface area contributed by atoms with Crippen molar-refractivity contribution in [1.82, 2.24) is 0 Å². The number of phenols is 3. The molecule has 0 bridgehead atoms. The Kier molecular flexibility index (Phi) is 9.39. The average molecular weight is 633 g/mol. The van der Waals surface area contributed by atoms with E-state index in [1.54, 1.807) is 6.08 Å². The first-order valence-corrected chi connectivity index (χ1v) is 14.2. The van der Waals surface area contributed by atoms with Crippen LogP contribution in [0.4, 0.5) is 0 Å². The van der Waals surface area contributed by atoms with E-state index in [-0.39, 0.29) is 45.8 Å². The SMILES string of the molecule is CC(C)=CCc1c(O)cc(O)c2c(=O)c(OC3OCC(O)C(O)C3OC3OC(C)C(O)C(O)C3O)c(-c3ccc(O)cc3)oc12. The normalized spacial score (nSPS) is 30.3. The second kappa shape index (κ2) is 12.9. The van der Waals surface area contributed by atoms with E-state index in [2.05, 4.69) is 0 Å². The Labute approximate surface area is 256 Å². The van der Waals surface area contributed by atoms with Gasteiger partial charge in [0.2, 0.25) is 17.5 Å². The second-order valence-corrected chi connectivity index (χ2v) is 11.4. The maximum atomic E-state index is 14.1. The average Bonchev–Trinajstić information content (AvgIpc) is 2.99. The third-order valence-corrected chi connectivity index (χ3v) is 7.79. The van der Waals surface area contributed by atoms with Gasteiger partial charge in [-0.15, -0.1) is 0 Å². The van der Waals surface area contributed by atoms with Crippen LogP contribution in [0.3, 0.4) is 0 Å². The van der Waals surface area contributed by atoms with Crippen LogP contribution in [0.2, 0.25) is 0 Å². The Morgan fingerprint density at radius 1 is 0.933 bits per heavy atom. The van der Waals surface area contributed by atoms with E-state index in [1.807, 2.05) is 13.8 Å². The van der Waals surface area contributed by atoms with Crippen LogP contribution >= 0.6 is 0 Å². The van der Waals surface area contributed by atoms with Crippen molar-refractivity contribution in [2.24, 2.45) is 0 Å². The molecule has 14 nitrogen and oxygen atoms in total. The van der Waals surface area contributed by atoms with Crippen LogP contribution in [0.25, 0.3) is 22.3 Å². The molecule has 0 amide bonds. The molecule has 0 radical (unpaired) electrons. The van der Waals surface area contributed by atoms with Crippen LogP contribution in [0, 0.1) is 0 Å². The Morgan fingerprint density at radius 3 is 2.29 bits per heavy atom. The Balaban J connectivity index is 1.63. The van der Waals surface area contributed by atoms with Crippen molar-refractivity contribution in [3.63, 3.8) is 0 Å². The van der Waals surface area contributed by atoms with E-state index in [0.717, 1.165) is 11.6 Å². The molecule has 1 aromatic heterocycles. The fraction of sp³-hybridized carbons (Fsp3) is 0.452. The molecule has 0 spiro atoms. The lowest BCUT2D eigenvalue weighted by Gasteiger charge is -2.43. The highest BCUT2D eigenvalue weighted by atomic mass is 16.8. The molecule has 2 saturated heterocycles. The highest BCUT2D eigenvalue weighted by molar-refractivity contribution is 5.91. The van der Waals surface area contributed by atoms with Crippen molar-refractivity contribution in [1.29, 1.82) is 0 Å². The summed E-state index contributed by atoms with van der Waals surface area (Å²) in [6, 6.07) is 6.53. The summed E-state index contributed by atoms with van der Waals surface area (Å²) in [5.74, 6) is -1.72. The van der Waals surface area contributed by atoms with Crippen LogP contribution in [-0.4, -0.2) is 103 Å². The summed E-state index contributed by atoms with van der Waals surface area (Å²) in [4.78, 5) is 14.1. The van der Waals surface area contributed by atoms with Gasteiger partial charge in [-0.25, -0.2) is 0 Å². The molecule has 2 aliphatic rings. The molecule has 2 fully saturated rings. The van der Waals surface area contributed by atoms with Crippen LogP contribution in [0.15, 0.2) is 51.2 Å². The molecule has 244 valence electrons. The number of aromatic hydroxyl groups is 3. The van der Waals surface area contributed by atoms with E-state index in [0.29, 0.717) is 0 Å². The minimum Gasteiger partial charge on any atom is -0.508 e. The molecule has 14 heteroatoms. The first kappa shape index (κ1) is 32.7. The highest BCUT2D eigenvalue weighted by Gasteiger charge is 2.48. The minimum absolute atomic E-state index is 0.0855. The highest BCUT2D eigenvalue weighted by Crippen LogP contribution is 2.40. The van der Waals surface area contributed by atoms with E-state index in [1.165, 1.54) is 31.2 Å². The number of hydrogen-bond donors (Lipinski definition) is 8. The summed E-state index contributed by atoms with van der Waals surface area (Å²) in [6.45, 7) is 4.65. The molecular weight excluding hydrogens is 596 g/mol. The van der Waals surface area contributed by atoms with Crippen LogP contribution < -0.4 is 10.2 Å². The number of ether oxygens (including phenoxy) is 4. The monoisotopic (exact) mass is 632 g/mol. The predicted octanol–water partition coefficient (Wildman–Crippen LogP) is 0.755. The zero-order valence-electron chi connectivity index (χ0n) is 24.6. The van der Waals surface area contributed by atoms with Crippen LogP contribution in [-0.2, 0) is 20.6 Å². The van der Waals surface area contributed by atoms with Gasteiger partial charge in [-0.1, -0.05) is 11.6 Å². The van der Waals surface area contributed by atoms with Crippen molar-refractivity contribution >= 4 is 11.0 Å². The van der Waals surface area contributed by atoms with Crippen molar-refractivity contribution in [3.8, 4) is 34.3 Å². The van der Waals surface area contributed by atoms with Crippen LogP contribution in [0.5, 0.6) is 23.0 Å².